The summed E-state index contributed by atoms with van der Waals surface area (Å²) in [5.74, 6) is 0.0678. The smallest absolute Gasteiger partial charge is 0.279 e. The van der Waals surface area contributed by atoms with E-state index in [0.29, 0.717) is 36.8 Å². The number of amides is 2. The molecular formula is C20H25FN3O3+. The fourth-order valence-corrected chi connectivity index (χ4v) is 2.51. The van der Waals surface area contributed by atoms with E-state index in [9.17, 15) is 14.0 Å². The second kappa shape index (κ2) is 10.3. The van der Waals surface area contributed by atoms with Gasteiger partial charge in [-0.05, 0) is 55.5 Å². The highest BCUT2D eigenvalue weighted by molar-refractivity contribution is 5.92. The summed E-state index contributed by atoms with van der Waals surface area (Å²) in [6.45, 7) is 5.63. The van der Waals surface area contributed by atoms with Gasteiger partial charge in [0.1, 0.15) is 24.7 Å². The van der Waals surface area contributed by atoms with Crippen LogP contribution in [0.5, 0.6) is 5.75 Å². The molecule has 0 aliphatic rings. The van der Waals surface area contributed by atoms with Gasteiger partial charge >= 0.3 is 0 Å². The lowest BCUT2D eigenvalue weighted by Crippen LogP contribution is -3.13. The maximum Gasteiger partial charge on any atom is 0.279 e. The number of benzene rings is 2. The number of quaternary nitrogens is 1. The minimum Gasteiger partial charge on any atom is -0.488 e. The number of likely N-dealkylation sites (N-methyl/N-ethyl adjacent to an activating group) is 1. The highest BCUT2D eigenvalue weighted by Gasteiger charge is 2.13. The van der Waals surface area contributed by atoms with Crippen LogP contribution in [-0.2, 0) is 9.59 Å². The third kappa shape index (κ3) is 7.45. The van der Waals surface area contributed by atoms with Gasteiger partial charge in [0.25, 0.3) is 5.91 Å². The van der Waals surface area contributed by atoms with Crippen molar-refractivity contribution in [2.45, 2.75) is 13.8 Å². The molecule has 0 bridgehead atoms. The second-order valence-electron chi connectivity index (χ2n) is 6.14. The predicted octanol–water partition coefficient (Wildman–Crippen LogP) is 1.71. The van der Waals surface area contributed by atoms with Gasteiger partial charge in [-0.1, -0.05) is 0 Å². The van der Waals surface area contributed by atoms with E-state index in [4.69, 9.17) is 4.74 Å². The normalized spacial score (nSPS) is 11.5. The fourth-order valence-electron chi connectivity index (χ4n) is 2.51. The number of anilines is 2. The number of rotatable bonds is 9. The molecule has 0 saturated heterocycles. The maximum absolute atomic E-state index is 12.9. The third-order valence-corrected chi connectivity index (χ3v) is 3.94. The van der Waals surface area contributed by atoms with Crippen LogP contribution in [0.15, 0.2) is 48.5 Å². The van der Waals surface area contributed by atoms with Crippen molar-refractivity contribution < 1.29 is 23.6 Å². The molecule has 144 valence electrons. The van der Waals surface area contributed by atoms with Gasteiger partial charge in [-0.15, -0.1) is 0 Å². The molecular weight excluding hydrogens is 349 g/mol. The average molecular weight is 374 g/mol. The van der Waals surface area contributed by atoms with E-state index in [1.54, 1.807) is 36.4 Å². The van der Waals surface area contributed by atoms with Crippen LogP contribution < -0.4 is 20.3 Å². The SMILES string of the molecule is CC[NH+](CCOc1ccc(F)cc1)CC(=O)Nc1ccc(NC(C)=O)cc1. The molecule has 0 spiro atoms. The van der Waals surface area contributed by atoms with Crippen LogP contribution >= 0.6 is 0 Å². The van der Waals surface area contributed by atoms with E-state index in [0.717, 1.165) is 11.4 Å². The Bertz CT molecular complexity index is 748. The summed E-state index contributed by atoms with van der Waals surface area (Å²) in [7, 11) is 0. The Kier molecular flexibility index (Phi) is 7.76. The molecule has 2 rings (SSSR count). The van der Waals surface area contributed by atoms with Crippen LogP contribution in [0, 0.1) is 5.82 Å². The van der Waals surface area contributed by atoms with Crippen LogP contribution in [0.2, 0.25) is 0 Å². The van der Waals surface area contributed by atoms with Gasteiger partial charge in [0.2, 0.25) is 5.91 Å². The Morgan fingerprint density at radius 3 is 2.15 bits per heavy atom. The first-order valence-electron chi connectivity index (χ1n) is 8.85. The van der Waals surface area contributed by atoms with Gasteiger partial charge in [0, 0.05) is 18.3 Å². The van der Waals surface area contributed by atoms with Gasteiger partial charge in [0.15, 0.2) is 6.54 Å². The van der Waals surface area contributed by atoms with Gasteiger partial charge < -0.3 is 20.3 Å². The van der Waals surface area contributed by atoms with Crippen molar-refractivity contribution in [3.63, 3.8) is 0 Å². The van der Waals surface area contributed by atoms with Crippen LogP contribution in [-0.4, -0.2) is 38.1 Å². The molecule has 3 N–H and O–H groups in total. The topological polar surface area (TPSA) is 71.9 Å². The number of hydrogen-bond acceptors (Lipinski definition) is 3. The molecule has 7 heteroatoms. The maximum atomic E-state index is 12.9. The molecule has 0 aliphatic carbocycles. The van der Waals surface area contributed by atoms with E-state index >= 15 is 0 Å². The Hall–Kier alpha value is -2.93. The lowest BCUT2D eigenvalue weighted by molar-refractivity contribution is -0.889. The summed E-state index contributed by atoms with van der Waals surface area (Å²) in [6, 6.07) is 12.8. The molecule has 2 amide bonds. The number of halogens is 1. The first-order chi connectivity index (χ1) is 13.0. The van der Waals surface area contributed by atoms with E-state index in [1.807, 2.05) is 6.92 Å². The van der Waals surface area contributed by atoms with E-state index in [1.165, 1.54) is 19.1 Å². The summed E-state index contributed by atoms with van der Waals surface area (Å²) in [5.41, 5.74) is 1.35. The first-order valence-corrected chi connectivity index (χ1v) is 8.85. The van der Waals surface area contributed by atoms with Crippen LogP contribution in [0.4, 0.5) is 15.8 Å². The minimum atomic E-state index is -0.301. The molecule has 6 nitrogen and oxygen atoms in total. The zero-order valence-electron chi connectivity index (χ0n) is 15.5. The molecule has 0 fully saturated rings. The standard InChI is InChI=1S/C20H24FN3O3/c1-3-24(12-13-27-19-10-4-16(21)5-11-19)14-20(26)23-18-8-6-17(7-9-18)22-15(2)25/h4-11H,3,12-14H2,1-2H3,(H,22,25)(H,23,26)/p+1. The van der Waals surface area contributed by atoms with Crippen molar-refractivity contribution in [2.24, 2.45) is 0 Å². The monoisotopic (exact) mass is 374 g/mol. The quantitative estimate of drug-likeness (QED) is 0.626. The van der Waals surface area contributed by atoms with Crippen LogP contribution in [0.3, 0.4) is 0 Å². The summed E-state index contributed by atoms with van der Waals surface area (Å²) in [4.78, 5) is 24.3. The van der Waals surface area contributed by atoms with Crippen molar-refractivity contribution in [1.82, 2.24) is 0 Å². The third-order valence-electron chi connectivity index (χ3n) is 3.94. The molecule has 2 aromatic rings. The molecule has 0 aliphatic heterocycles. The summed E-state index contributed by atoms with van der Waals surface area (Å²) in [6.07, 6.45) is 0. The highest BCUT2D eigenvalue weighted by Crippen LogP contribution is 2.13. The number of ether oxygens (including phenoxy) is 1. The Morgan fingerprint density at radius 2 is 1.59 bits per heavy atom. The van der Waals surface area contributed by atoms with Crippen LogP contribution in [0.1, 0.15) is 13.8 Å². The Balaban J connectivity index is 1.76. The summed E-state index contributed by atoms with van der Waals surface area (Å²) >= 11 is 0. The highest BCUT2D eigenvalue weighted by atomic mass is 19.1. The Labute approximate surface area is 158 Å². The molecule has 0 aromatic heterocycles. The number of carbonyl (C=O) groups is 2. The van der Waals surface area contributed by atoms with Gasteiger partial charge in [-0.3, -0.25) is 9.59 Å². The van der Waals surface area contributed by atoms with E-state index in [2.05, 4.69) is 10.6 Å². The van der Waals surface area contributed by atoms with Gasteiger partial charge in [-0.2, -0.15) is 0 Å². The molecule has 0 radical (unpaired) electrons. The van der Waals surface area contributed by atoms with E-state index < -0.39 is 0 Å². The fraction of sp³-hybridized carbons (Fsp3) is 0.300. The largest absolute Gasteiger partial charge is 0.488 e. The average Bonchev–Trinajstić information content (AvgIpc) is 2.63. The molecule has 1 unspecified atom stereocenters. The lowest BCUT2D eigenvalue weighted by atomic mass is 10.2. The zero-order valence-corrected chi connectivity index (χ0v) is 15.5. The Morgan fingerprint density at radius 1 is 1.00 bits per heavy atom. The summed E-state index contributed by atoms with van der Waals surface area (Å²) < 4.78 is 18.5. The van der Waals surface area contributed by atoms with Crippen molar-refractivity contribution in [2.75, 3.05) is 36.9 Å². The van der Waals surface area contributed by atoms with Crippen molar-refractivity contribution in [1.29, 1.82) is 0 Å². The summed E-state index contributed by atoms with van der Waals surface area (Å²) in [5, 5.41) is 5.52. The van der Waals surface area contributed by atoms with Crippen molar-refractivity contribution in [3.05, 3.63) is 54.3 Å². The minimum absolute atomic E-state index is 0.0964. The number of nitrogens with one attached hydrogen (secondary N) is 3. The van der Waals surface area contributed by atoms with Gasteiger partial charge in [0.05, 0.1) is 6.54 Å². The number of hydrogen-bond donors (Lipinski definition) is 3. The predicted molar refractivity (Wildman–Crippen MR) is 103 cm³/mol. The molecule has 27 heavy (non-hydrogen) atoms. The first kappa shape index (κ1) is 20.4. The molecule has 2 aromatic carbocycles. The van der Waals surface area contributed by atoms with Crippen LogP contribution in [0.25, 0.3) is 0 Å². The molecule has 1 atom stereocenters. The zero-order chi connectivity index (χ0) is 19.6. The van der Waals surface area contributed by atoms with E-state index in [-0.39, 0.29) is 17.6 Å². The van der Waals surface area contributed by atoms with Crippen molar-refractivity contribution >= 4 is 23.2 Å². The lowest BCUT2D eigenvalue weighted by Gasteiger charge is -2.17. The molecule has 0 saturated carbocycles. The molecule has 0 heterocycles. The second-order valence-corrected chi connectivity index (χ2v) is 6.14. The number of carbonyl (C=O) groups excluding carboxylic acids is 2. The van der Waals surface area contributed by atoms with Crippen molar-refractivity contribution in [3.8, 4) is 5.75 Å². The van der Waals surface area contributed by atoms with Gasteiger partial charge in [-0.25, -0.2) is 4.39 Å².